The minimum atomic E-state index is -0.380. The summed E-state index contributed by atoms with van der Waals surface area (Å²) < 4.78 is 4.14. The van der Waals surface area contributed by atoms with Gasteiger partial charge in [-0.2, -0.15) is 5.10 Å². The van der Waals surface area contributed by atoms with Crippen LogP contribution >= 0.6 is 0 Å². The van der Waals surface area contributed by atoms with Crippen LogP contribution in [0.25, 0.3) is 10.9 Å². The molecule has 0 aliphatic heterocycles. The highest BCUT2D eigenvalue weighted by Gasteiger charge is 1.98. The monoisotopic (exact) mass is 265 g/mol. The molecule has 0 amide bonds. The Hall–Kier alpha value is -1.88. The third kappa shape index (κ3) is 5.52. The number of carbonyl (C=O) groups excluding carboxylic acids is 1. The van der Waals surface area contributed by atoms with Crippen molar-refractivity contribution in [2.75, 3.05) is 13.7 Å². The quantitative estimate of drug-likeness (QED) is 0.775. The number of rotatable bonds is 1. The molecule has 0 spiro atoms. The Morgan fingerprint density at radius 2 is 2.00 bits per heavy atom. The number of hydrogen-bond donors (Lipinski definition) is 2. The Bertz CT molecular complexity index is 500. The highest BCUT2D eigenvalue weighted by molar-refractivity contribution is 5.81. The standard InChI is InChI=1S/C9H10N2.C3H7NO2.C2H6/c1-6-3-7(2)9-8(4-6)5-10-11-9;1-6-3(5)2-4;1-2/h3-5H,1-2H3,(H,10,11);2,4H2,1H3;1-2H3. The fraction of sp³-hybridized carbons (Fsp3) is 0.429. The van der Waals surface area contributed by atoms with Crippen molar-refractivity contribution >= 4 is 16.9 Å². The first kappa shape index (κ1) is 17.1. The molecule has 2 rings (SSSR count). The van der Waals surface area contributed by atoms with Crippen molar-refractivity contribution < 1.29 is 9.53 Å². The number of hydrogen-bond acceptors (Lipinski definition) is 4. The van der Waals surface area contributed by atoms with Crippen LogP contribution in [0, 0.1) is 13.8 Å². The lowest BCUT2D eigenvalue weighted by Crippen LogP contribution is -2.14. The molecule has 5 nitrogen and oxygen atoms in total. The van der Waals surface area contributed by atoms with Crippen LogP contribution in [0.15, 0.2) is 18.3 Å². The summed E-state index contributed by atoms with van der Waals surface area (Å²) in [5, 5.41) is 8.14. The number of nitrogens with one attached hydrogen (secondary N) is 1. The van der Waals surface area contributed by atoms with E-state index in [1.807, 2.05) is 20.0 Å². The zero-order valence-corrected chi connectivity index (χ0v) is 12.3. The summed E-state index contributed by atoms with van der Waals surface area (Å²) in [4.78, 5) is 9.83. The van der Waals surface area contributed by atoms with Gasteiger partial charge in [0.2, 0.25) is 0 Å². The molecule has 0 bridgehead atoms. The van der Waals surface area contributed by atoms with Gasteiger partial charge in [-0.1, -0.05) is 25.5 Å². The Morgan fingerprint density at radius 3 is 2.47 bits per heavy atom. The van der Waals surface area contributed by atoms with E-state index in [1.54, 1.807) is 0 Å². The van der Waals surface area contributed by atoms with Crippen molar-refractivity contribution in [3.8, 4) is 0 Å². The van der Waals surface area contributed by atoms with Gasteiger partial charge in [0.15, 0.2) is 0 Å². The lowest BCUT2D eigenvalue weighted by atomic mass is 10.1. The number of fused-ring (bicyclic) bond motifs is 1. The molecule has 106 valence electrons. The van der Waals surface area contributed by atoms with E-state index in [9.17, 15) is 4.79 Å². The lowest BCUT2D eigenvalue weighted by molar-refractivity contribution is -0.138. The number of benzene rings is 1. The fourth-order valence-corrected chi connectivity index (χ4v) is 1.50. The van der Waals surface area contributed by atoms with Gasteiger partial charge in [0.05, 0.1) is 25.4 Å². The van der Waals surface area contributed by atoms with Crippen molar-refractivity contribution in [1.29, 1.82) is 0 Å². The van der Waals surface area contributed by atoms with Crippen molar-refractivity contribution in [2.45, 2.75) is 27.7 Å². The van der Waals surface area contributed by atoms with Crippen LogP contribution < -0.4 is 5.73 Å². The van der Waals surface area contributed by atoms with Gasteiger partial charge < -0.3 is 10.5 Å². The average molecular weight is 265 g/mol. The zero-order valence-electron chi connectivity index (χ0n) is 12.3. The maximum Gasteiger partial charge on any atom is 0.319 e. The van der Waals surface area contributed by atoms with Gasteiger partial charge in [0.25, 0.3) is 0 Å². The molecule has 5 heteroatoms. The average Bonchev–Trinajstić information content (AvgIpc) is 2.89. The number of nitrogens with zero attached hydrogens (tertiary/aromatic N) is 1. The second-order valence-electron chi connectivity index (χ2n) is 3.70. The smallest absolute Gasteiger partial charge is 0.319 e. The van der Waals surface area contributed by atoms with E-state index in [4.69, 9.17) is 5.73 Å². The van der Waals surface area contributed by atoms with Gasteiger partial charge in [-0.3, -0.25) is 9.89 Å². The van der Waals surface area contributed by atoms with E-state index in [-0.39, 0.29) is 12.5 Å². The second kappa shape index (κ2) is 9.10. The number of nitrogens with two attached hydrogens (primary N) is 1. The number of esters is 1. The first-order valence-electron chi connectivity index (χ1n) is 6.25. The molecule has 1 aromatic heterocycles. The van der Waals surface area contributed by atoms with Gasteiger partial charge in [0, 0.05) is 5.39 Å². The Labute approximate surface area is 114 Å². The number of aromatic nitrogens is 2. The maximum atomic E-state index is 9.83. The minimum Gasteiger partial charge on any atom is -0.468 e. The van der Waals surface area contributed by atoms with Crippen molar-refractivity contribution in [2.24, 2.45) is 5.73 Å². The number of methoxy groups -OCH3 is 1. The summed E-state index contributed by atoms with van der Waals surface area (Å²) in [6.07, 6.45) is 1.86. The fourth-order valence-electron chi connectivity index (χ4n) is 1.50. The molecular formula is C14H23N3O2. The van der Waals surface area contributed by atoms with E-state index in [0.29, 0.717) is 0 Å². The molecule has 0 aliphatic carbocycles. The largest absolute Gasteiger partial charge is 0.468 e. The molecule has 0 atom stereocenters. The van der Waals surface area contributed by atoms with Gasteiger partial charge in [-0.05, 0) is 25.5 Å². The maximum absolute atomic E-state index is 9.83. The third-order valence-corrected chi connectivity index (χ3v) is 2.28. The highest BCUT2D eigenvalue weighted by atomic mass is 16.5. The Balaban J connectivity index is 0.000000350. The number of carbonyl (C=O) groups is 1. The predicted molar refractivity (Wildman–Crippen MR) is 78.0 cm³/mol. The van der Waals surface area contributed by atoms with Crippen molar-refractivity contribution in [1.82, 2.24) is 10.2 Å². The normalized spacial score (nSPS) is 8.95. The zero-order chi connectivity index (χ0) is 14.8. The molecule has 1 aromatic carbocycles. The summed E-state index contributed by atoms with van der Waals surface area (Å²) in [5.41, 5.74) is 8.51. The molecule has 0 radical (unpaired) electrons. The summed E-state index contributed by atoms with van der Waals surface area (Å²) >= 11 is 0. The molecule has 19 heavy (non-hydrogen) atoms. The second-order valence-corrected chi connectivity index (χ2v) is 3.70. The predicted octanol–water partition coefficient (Wildman–Crippen LogP) is 2.32. The van der Waals surface area contributed by atoms with E-state index >= 15 is 0 Å². The van der Waals surface area contributed by atoms with Gasteiger partial charge in [-0.15, -0.1) is 0 Å². The summed E-state index contributed by atoms with van der Waals surface area (Å²) in [5.74, 6) is -0.380. The lowest BCUT2D eigenvalue weighted by Gasteiger charge is -1.96. The van der Waals surface area contributed by atoms with Crippen LogP contribution in [-0.4, -0.2) is 29.8 Å². The Kier molecular flexibility index (Phi) is 8.20. The number of aryl methyl sites for hydroxylation is 2. The summed E-state index contributed by atoms with van der Waals surface area (Å²) in [6, 6.07) is 4.28. The number of aromatic amines is 1. The first-order chi connectivity index (χ1) is 9.08. The molecule has 0 fully saturated rings. The van der Waals surface area contributed by atoms with Crippen LogP contribution in [-0.2, 0) is 9.53 Å². The van der Waals surface area contributed by atoms with Crippen LogP contribution in [0.3, 0.4) is 0 Å². The van der Waals surface area contributed by atoms with Crippen LogP contribution in [0.1, 0.15) is 25.0 Å². The van der Waals surface area contributed by atoms with Crippen molar-refractivity contribution in [3.63, 3.8) is 0 Å². The van der Waals surface area contributed by atoms with Crippen LogP contribution in [0.5, 0.6) is 0 Å². The van der Waals surface area contributed by atoms with Crippen LogP contribution in [0.4, 0.5) is 0 Å². The number of H-pyrrole nitrogens is 1. The van der Waals surface area contributed by atoms with Gasteiger partial charge in [-0.25, -0.2) is 0 Å². The molecule has 3 N–H and O–H groups in total. The molecule has 0 saturated carbocycles. The van der Waals surface area contributed by atoms with Gasteiger partial charge >= 0.3 is 5.97 Å². The topological polar surface area (TPSA) is 81.0 Å². The van der Waals surface area contributed by atoms with Crippen LogP contribution in [0.2, 0.25) is 0 Å². The SMILES string of the molecule is CC.COC(=O)CN.Cc1cc(C)c2[nH]ncc2c1. The molecule has 2 aromatic rings. The van der Waals surface area contributed by atoms with Crippen molar-refractivity contribution in [3.05, 3.63) is 29.5 Å². The van der Waals surface area contributed by atoms with E-state index in [2.05, 4.69) is 40.9 Å². The number of ether oxygens (including phenoxy) is 1. The van der Waals surface area contributed by atoms with E-state index in [1.165, 1.54) is 23.6 Å². The van der Waals surface area contributed by atoms with E-state index < -0.39 is 0 Å². The highest BCUT2D eigenvalue weighted by Crippen LogP contribution is 2.16. The molecular weight excluding hydrogens is 242 g/mol. The Morgan fingerprint density at radius 1 is 1.37 bits per heavy atom. The molecule has 0 saturated heterocycles. The molecule has 1 heterocycles. The van der Waals surface area contributed by atoms with Gasteiger partial charge in [0.1, 0.15) is 0 Å². The third-order valence-electron chi connectivity index (χ3n) is 2.28. The molecule has 0 aliphatic rings. The minimum absolute atomic E-state index is 0.0312. The first-order valence-corrected chi connectivity index (χ1v) is 6.25. The molecule has 0 unspecified atom stereocenters. The summed E-state index contributed by atoms with van der Waals surface area (Å²) in [6.45, 7) is 8.16. The van der Waals surface area contributed by atoms with E-state index in [0.717, 1.165) is 5.52 Å². The summed E-state index contributed by atoms with van der Waals surface area (Å²) in [7, 11) is 1.30.